The van der Waals surface area contributed by atoms with Gasteiger partial charge >= 0.3 is 0 Å². The summed E-state index contributed by atoms with van der Waals surface area (Å²) in [5.41, 5.74) is 0. The number of aromatic nitrogens is 2. The van der Waals surface area contributed by atoms with E-state index in [0.717, 1.165) is 44.7 Å². The molecule has 1 aliphatic heterocycles. The maximum atomic E-state index is 11.9. The topological polar surface area (TPSA) is 92.3 Å². The highest BCUT2D eigenvalue weighted by atomic mass is 35.5. The summed E-state index contributed by atoms with van der Waals surface area (Å²) in [6, 6.07) is 0. The minimum absolute atomic E-state index is 0.0192. The van der Waals surface area contributed by atoms with Crippen LogP contribution in [-0.2, 0) is 14.8 Å². The summed E-state index contributed by atoms with van der Waals surface area (Å²) >= 11 is 5.51. The molecule has 9 heteroatoms. The second-order valence-electron chi connectivity index (χ2n) is 4.78. The van der Waals surface area contributed by atoms with Gasteiger partial charge in [0.1, 0.15) is 4.90 Å². The largest absolute Gasteiger partial charge is 0.343 e. The Labute approximate surface area is 128 Å². The minimum Gasteiger partial charge on any atom is -0.343 e. The summed E-state index contributed by atoms with van der Waals surface area (Å²) in [7, 11) is -3.71. The Hall–Kier alpha value is -1.25. The Kier molecular flexibility index (Phi) is 5.49. The zero-order chi connectivity index (χ0) is 15.3. The maximum absolute atomic E-state index is 11.9. The molecule has 0 aromatic carbocycles. The highest BCUT2D eigenvalue weighted by Crippen LogP contribution is 2.10. The number of hydrogen-bond acceptors (Lipinski definition) is 5. The van der Waals surface area contributed by atoms with E-state index in [2.05, 4.69) is 14.7 Å². The standard InChI is InChI=1S/C12H17ClN4O3S/c13-12-14-8-10(9-15-12)21(19,20)16-5-4-11(18)17-6-2-1-3-7-17/h8-9,16H,1-7H2. The Bertz CT molecular complexity index is 585. The van der Waals surface area contributed by atoms with Crippen LogP contribution in [0.4, 0.5) is 0 Å². The van der Waals surface area contributed by atoms with Crippen LogP contribution in [0.3, 0.4) is 0 Å². The molecule has 21 heavy (non-hydrogen) atoms. The van der Waals surface area contributed by atoms with Crippen molar-refractivity contribution in [1.82, 2.24) is 19.6 Å². The van der Waals surface area contributed by atoms with Crippen LogP contribution in [0.25, 0.3) is 0 Å². The number of hydrogen-bond donors (Lipinski definition) is 1. The van der Waals surface area contributed by atoms with Crippen molar-refractivity contribution in [1.29, 1.82) is 0 Å². The lowest BCUT2D eigenvalue weighted by atomic mass is 10.1. The first kappa shape index (κ1) is 16.1. The van der Waals surface area contributed by atoms with Gasteiger partial charge in [-0.3, -0.25) is 4.79 Å². The lowest BCUT2D eigenvalue weighted by molar-refractivity contribution is -0.131. The molecule has 0 atom stereocenters. The van der Waals surface area contributed by atoms with Gasteiger partial charge in [-0.1, -0.05) is 0 Å². The average Bonchev–Trinajstić information content (AvgIpc) is 2.48. The van der Waals surface area contributed by atoms with Gasteiger partial charge in [0.2, 0.25) is 21.2 Å². The molecule has 2 heterocycles. The van der Waals surface area contributed by atoms with Crippen LogP contribution in [-0.4, -0.2) is 48.8 Å². The highest BCUT2D eigenvalue weighted by Gasteiger charge is 2.18. The molecule has 1 saturated heterocycles. The van der Waals surface area contributed by atoms with E-state index in [1.54, 1.807) is 4.90 Å². The summed E-state index contributed by atoms with van der Waals surface area (Å²) in [6.45, 7) is 1.58. The van der Waals surface area contributed by atoms with Gasteiger partial charge in [0, 0.05) is 26.1 Å². The van der Waals surface area contributed by atoms with Crippen LogP contribution < -0.4 is 4.72 Å². The van der Waals surface area contributed by atoms with Gasteiger partial charge in [0.05, 0.1) is 12.4 Å². The number of halogens is 1. The zero-order valence-corrected chi connectivity index (χ0v) is 13.0. The van der Waals surface area contributed by atoms with Crippen molar-refractivity contribution >= 4 is 27.5 Å². The third-order valence-corrected chi connectivity index (χ3v) is 4.86. The van der Waals surface area contributed by atoms with E-state index < -0.39 is 10.0 Å². The molecule has 116 valence electrons. The SMILES string of the molecule is O=C(CCNS(=O)(=O)c1cnc(Cl)nc1)N1CCCCC1. The number of sulfonamides is 1. The zero-order valence-electron chi connectivity index (χ0n) is 11.5. The smallest absolute Gasteiger partial charge is 0.243 e. The van der Waals surface area contributed by atoms with Crippen LogP contribution in [0.15, 0.2) is 17.3 Å². The van der Waals surface area contributed by atoms with Gasteiger partial charge in [-0.05, 0) is 30.9 Å². The first-order chi connectivity index (χ1) is 9.99. The van der Waals surface area contributed by atoms with Crippen LogP contribution in [0.5, 0.6) is 0 Å². The van der Waals surface area contributed by atoms with Crippen molar-refractivity contribution in [3.8, 4) is 0 Å². The number of nitrogens with one attached hydrogen (secondary N) is 1. The predicted molar refractivity (Wildman–Crippen MR) is 77.3 cm³/mol. The second-order valence-corrected chi connectivity index (χ2v) is 6.88. The van der Waals surface area contributed by atoms with Crippen molar-refractivity contribution in [3.05, 3.63) is 17.7 Å². The van der Waals surface area contributed by atoms with Gasteiger partial charge in [0.25, 0.3) is 0 Å². The summed E-state index contributed by atoms with van der Waals surface area (Å²) in [5, 5.41) is -0.0192. The molecular weight excluding hydrogens is 316 g/mol. The molecule has 0 unspecified atom stereocenters. The van der Waals surface area contributed by atoms with Gasteiger partial charge < -0.3 is 4.90 Å². The van der Waals surface area contributed by atoms with Gasteiger partial charge in [0.15, 0.2) is 0 Å². The normalized spacial score (nSPS) is 16.0. The fraction of sp³-hybridized carbons (Fsp3) is 0.583. The van der Waals surface area contributed by atoms with Gasteiger partial charge in [-0.25, -0.2) is 23.1 Å². The van der Waals surface area contributed by atoms with Gasteiger partial charge in [-0.2, -0.15) is 0 Å². The summed E-state index contributed by atoms with van der Waals surface area (Å²) in [4.78, 5) is 20.9. The first-order valence-corrected chi connectivity index (χ1v) is 8.60. The minimum atomic E-state index is -3.71. The quantitative estimate of drug-likeness (QED) is 0.805. The Morgan fingerprint density at radius 1 is 1.24 bits per heavy atom. The number of piperidine rings is 1. The van der Waals surface area contributed by atoms with E-state index in [9.17, 15) is 13.2 Å². The first-order valence-electron chi connectivity index (χ1n) is 6.74. The van der Waals surface area contributed by atoms with Crippen LogP contribution in [0.2, 0.25) is 5.28 Å². The maximum Gasteiger partial charge on any atom is 0.243 e. The molecule has 2 rings (SSSR count). The molecule has 1 N–H and O–H groups in total. The van der Waals surface area contributed by atoms with Crippen molar-refractivity contribution in [3.63, 3.8) is 0 Å². The molecule has 0 radical (unpaired) electrons. The molecule has 0 spiro atoms. The highest BCUT2D eigenvalue weighted by molar-refractivity contribution is 7.89. The predicted octanol–water partition coefficient (Wildman–Crippen LogP) is 0.811. The second kappa shape index (κ2) is 7.15. The molecular formula is C12H17ClN4O3S. The fourth-order valence-electron chi connectivity index (χ4n) is 2.12. The number of amides is 1. The third kappa shape index (κ3) is 4.62. The van der Waals surface area contributed by atoms with Crippen molar-refractivity contribution in [2.45, 2.75) is 30.6 Å². The number of carbonyl (C=O) groups excluding carboxylic acids is 1. The van der Waals surface area contributed by atoms with E-state index in [1.807, 2.05) is 0 Å². The molecule has 0 saturated carbocycles. The fourth-order valence-corrected chi connectivity index (χ4v) is 3.13. The number of carbonyl (C=O) groups is 1. The average molecular weight is 333 g/mol. The molecule has 0 aliphatic carbocycles. The molecule has 1 amide bonds. The molecule has 1 aromatic rings. The molecule has 1 aromatic heterocycles. The Balaban J connectivity index is 1.84. The summed E-state index contributed by atoms with van der Waals surface area (Å²) in [5.74, 6) is -0.0234. The molecule has 1 fully saturated rings. The Morgan fingerprint density at radius 3 is 2.48 bits per heavy atom. The lowest BCUT2D eigenvalue weighted by Crippen LogP contribution is -2.37. The van der Waals surface area contributed by atoms with Crippen molar-refractivity contribution in [2.75, 3.05) is 19.6 Å². The summed E-state index contributed by atoms with van der Waals surface area (Å²) < 4.78 is 26.3. The third-order valence-electron chi connectivity index (χ3n) is 3.25. The molecule has 1 aliphatic rings. The Morgan fingerprint density at radius 2 is 1.86 bits per heavy atom. The summed E-state index contributed by atoms with van der Waals surface area (Å²) in [6.07, 6.45) is 5.58. The monoisotopic (exact) mass is 332 g/mol. The van der Waals surface area contributed by atoms with E-state index in [0.29, 0.717) is 0 Å². The lowest BCUT2D eigenvalue weighted by Gasteiger charge is -2.26. The number of likely N-dealkylation sites (tertiary alicyclic amines) is 1. The van der Waals surface area contributed by atoms with Crippen molar-refractivity contribution < 1.29 is 13.2 Å². The number of nitrogens with zero attached hydrogens (tertiary/aromatic N) is 3. The van der Waals surface area contributed by atoms with E-state index in [4.69, 9.17) is 11.6 Å². The number of rotatable bonds is 5. The van der Waals surface area contributed by atoms with Gasteiger partial charge in [-0.15, -0.1) is 0 Å². The molecule has 7 nitrogen and oxygen atoms in total. The molecule has 0 bridgehead atoms. The van der Waals surface area contributed by atoms with Crippen LogP contribution in [0.1, 0.15) is 25.7 Å². The van der Waals surface area contributed by atoms with E-state index in [1.165, 1.54) is 0 Å². The van der Waals surface area contributed by atoms with E-state index in [-0.39, 0.29) is 29.1 Å². The van der Waals surface area contributed by atoms with Crippen LogP contribution in [0, 0.1) is 0 Å². The van der Waals surface area contributed by atoms with Crippen LogP contribution >= 0.6 is 11.6 Å². The van der Waals surface area contributed by atoms with Crippen molar-refractivity contribution in [2.24, 2.45) is 0 Å². The van der Waals surface area contributed by atoms with E-state index >= 15 is 0 Å².